The Kier molecular flexibility index (Phi) is 4.85. The summed E-state index contributed by atoms with van der Waals surface area (Å²) in [5.74, 6) is 0.572. The fourth-order valence-corrected chi connectivity index (χ4v) is 2.71. The number of halogens is 1. The van der Waals surface area contributed by atoms with E-state index in [1.165, 1.54) is 0 Å². The Bertz CT molecular complexity index is 667. The summed E-state index contributed by atoms with van der Waals surface area (Å²) in [6, 6.07) is 7.15. The van der Waals surface area contributed by atoms with Crippen molar-refractivity contribution in [3.63, 3.8) is 0 Å². The second-order valence-corrected chi connectivity index (χ2v) is 5.25. The number of nitrogens with zero attached hydrogens (tertiary/aromatic N) is 3. The number of para-hydroxylation sites is 1. The van der Waals surface area contributed by atoms with Gasteiger partial charge in [-0.15, -0.1) is 0 Å². The minimum atomic E-state index is 0.0175. The van der Waals surface area contributed by atoms with Crippen LogP contribution in [0, 0.1) is 0 Å². The maximum Gasteiger partial charge on any atom is 0.173 e. The highest BCUT2D eigenvalue weighted by Crippen LogP contribution is 2.24. The topological polar surface area (TPSA) is 85.7 Å². The molecule has 0 atom stereocenters. The largest absolute Gasteiger partial charge is 0.486 e. The number of aryl methyl sites for hydroxylation is 2. The predicted molar refractivity (Wildman–Crippen MR) is 83.6 cm³/mol. The van der Waals surface area contributed by atoms with Crippen LogP contribution in [-0.2, 0) is 20.1 Å². The summed E-state index contributed by atoms with van der Waals surface area (Å²) in [7, 11) is 1.87. The Hall–Kier alpha value is -2.02. The van der Waals surface area contributed by atoms with Crippen molar-refractivity contribution in [2.24, 2.45) is 17.9 Å². The maximum absolute atomic E-state index is 8.81. The fraction of sp³-hybridized carbons (Fsp3) is 0.286. The molecule has 1 aromatic heterocycles. The lowest BCUT2D eigenvalue weighted by molar-refractivity contribution is 0.292. The quantitative estimate of drug-likeness (QED) is 0.374. The van der Waals surface area contributed by atoms with E-state index in [0.717, 1.165) is 22.3 Å². The molecule has 21 heavy (non-hydrogen) atoms. The SMILES string of the molecule is CCc1nn(C)c(COc2ccccc2C(N)=NO)c1Br. The van der Waals surface area contributed by atoms with Gasteiger partial charge in [0.2, 0.25) is 0 Å². The zero-order valence-corrected chi connectivity index (χ0v) is 13.5. The van der Waals surface area contributed by atoms with Crippen molar-refractivity contribution in [3.05, 3.63) is 45.7 Å². The van der Waals surface area contributed by atoms with Crippen molar-refractivity contribution in [1.82, 2.24) is 9.78 Å². The van der Waals surface area contributed by atoms with Gasteiger partial charge in [-0.1, -0.05) is 24.2 Å². The van der Waals surface area contributed by atoms with Crippen LogP contribution in [0.5, 0.6) is 5.75 Å². The first-order chi connectivity index (χ1) is 10.1. The highest BCUT2D eigenvalue weighted by atomic mass is 79.9. The van der Waals surface area contributed by atoms with Gasteiger partial charge in [-0.3, -0.25) is 4.68 Å². The molecule has 0 saturated heterocycles. The minimum absolute atomic E-state index is 0.0175. The van der Waals surface area contributed by atoms with Crippen LogP contribution < -0.4 is 10.5 Å². The Balaban J connectivity index is 2.23. The number of rotatable bonds is 5. The third-order valence-electron chi connectivity index (χ3n) is 3.14. The van der Waals surface area contributed by atoms with Gasteiger partial charge in [-0.2, -0.15) is 5.10 Å². The van der Waals surface area contributed by atoms with Gasteiger partial charge in [0.1, 0.15) is 12.4 Å². The van der Waals surface area contributed by atoms with Crippen molar-refractivity contribution in [3.8, 4) is 5.75 Å². The Morgan fingerprint density at radius 2 is 2.19 bits per heavy atom. The molecule has 6 nitrogen and oxygen atoms in total. The third-order valence-corrected chi connectivity index (χ3v) is 4.05. The van der Waals surface area contributed by atoms with Crippen LogP contribution in [0.3, 0.4) is 0 Å². The van der Waals surface area contributed by atoms with Gasteiger partial charge in [-0.25, -0.2) is 0 Å². The molecule has 1 heterocycles. The van der Waals surface area contributed by atoms with Crippen molar-refractivity contribution >= 4 is 21.8 Å². The standard InChI is InChI=1S/C14H17BrN4O2/c1-3-10-13(15)11(19(2)17-10)8-21-12-7-5-4-6-9(12)14(16)18-20/h4-7,20H,3,8H2,1-2H3,(H2,16,18). The van der Waals surface area contributed by atoms with Crippen molar-refractivity contribution in [2.45, 2.75) is 20.0 Å². The van der Waals surface area contributed by atoms with Crippen LogP contribution in [0.4, 0.5) is 0 Å². The Labute approximate surface area is 131 Å². The molecule has 2 aromatic rings. The van der Waals surface area contributed by atoms with Gasteiger partial charge >= 0.3 is 0 Å². The molecule has 0 aliphatic heterocycles. The molecule has 7 heteroatoms. The number of amidine groups is 1. The molecule has 0 saturated carbocycles. The molecule has 0 unspecified atom stereocenters. The molecule has 0 radical (unpaired) electrons. The van der Waals surface area contributed by atoms with E-state index in [0.29, 0.717) is 17.9 Å². The van der Waals surface area contributed by atoms with E-state index in [2.05, 4.69) is 26.2 Å². The molecule has 3 N–H and O–H groups in total. The van der Waals surface area contributed by atoms with Crippen LogP contribution in [0.25, 0.3) is 0 Å². The number of ether oxygens (including phenoxy) is 1. The average molecular weight is 353 g/mol. The Morgan fingerprint density at radius 1 is 1.48 bits per heavy atom. The summed E-state index contributed by atoms with van der Waals surface area (Å²) in [4.78, 5) is 0. The number of oxime groups is 1. The van der Waals surface area contributed by atoms with Gasteiger partial charge in [0.15, 0.2) is 5.84 Å². The Morgan fingerprint density at radius 3 is 2.81 bits per heavy atom. The number of hydrogen-bond donors (Lipinski definition) is 2. The number of benzene rings is 1. The first-order valence-corrected chi connectivity index (χ1v) is 7.27. The lowest BCUT2D eigenvalue weighted by atomic mass is 10.2. The molecular formula is C14H17BrN4O2. The predicted octanol–water partition coefficient (Wildman–Crippen LogP) is 2.42. The zero-order chi connectivity index (χ0) is 15.4. The van der Waals surface area contributed by atoms with Crippen molar-refractivity contribution in [1.29, 1.82) is 0 Å². The minimum Gasteiger partial charge on any atom is -0.486 e. The molecule has 0 aliphatic rings. The van der Waals surface area contributed by atoms with Crippen LogP contribution >= 0.6 is 15.9 Å². The van der Waals surface area contributed by atoms with E-state index in [4.69, 9.17) is 15.7 Å². The summed E-state index contributed by atoms with van der Waals surface area (Å²) in [5.41, 5.74) is 8.11. The summed E-state index contributed by atoms with van der Waals surface area (Å²) < 4.78 is 8.54. The fourth-order valence-electron chi connectivity index (χ4n) is 1.98. The molecule has 2 rings (SSSR count). The highest BCUT2D eigenvalue weighted by molar-refractivity contribution is 9.10. The molecule has 0 fully saturated rings. The van der Waals surface area contributed by atoms with Gasteiger partial charge in [0.05, 0.1) is 21.4 Å². The van der Waals surface area contributed by atoms with E-state index in [1.807, 2.05) is 20.0 Å². The lowest BCUT2D eigenvalue weighted by Crippen LogP contribution is -2.15. The monoisotopic (exact) mass is 352 g/mol. The number of aromatic nitrogens is 2. The van der Waals surface area contributed by atoms with Gasteiger partial charge in [0, 0.05) is 7.05 Å². The van der Waals surface area contributed by atoms with E-state index in [1.54, 1.807) is 22.9 Å². The lowest BCUT2D eigenvalue weighted by Gasteiger charge is -2.11. The van der Waals surface area contributed by atoms with Crippen LogP contribution in [0.15, 0.2) is 33.9 Å². The first kappa shape index (κ1) is 15.4. The van der Waals surface area contributed by atoms with Crippen molar-refractivity contribution < 1.29 is 9.94 Å². The first-order valence-electron chi connectivity index (χ1n) is 6.48. The number of nitrogens with two attached hydrogens (primary N) is 1. The van der Waals surface area contributed by atoms with E-state index in [-0.39, 0.29) is 5.84 Å². The van der Waals surface area contributed by atoms with Gasteiger partial charge in [-0.05, 0) is 34.5 Å². The zero-order valence-electron chi connectivity index (χ0n) is 11.9. The van der Waals surface area contributed by atoms with Crippen LogP contribution in [0.1, 0.15) is 23.9 Å². The smallest absolute Gasteiger partial charge is 0.173 e. The van der Waals surface area contributed by atoms with Gasteiger partial charge in [0.25, 0.3) is 0 Å². The molecule has 0 bridgehead atoms. The average Bonchev–Trinajstić information content (AvgIpc) is 2.79. The summed E-state index contributed by atoms with van der Waals surface area (Å²) in [6.07, 6.45) is 0.842. The molecular weight excluding hydrogens is 336 g/mol. The van der Waals surface area contributed by atoms with Gasteiger partial charge < -0.3 is 15.7 Å². The highest BCUT2D eigenvalue weighted by Gasteiger charge is 2.14. The van der Waals surface area contributed by atoms with E-state index < -0.39 is 0 Å². The van der Waals surface area contributed by atoms with E-state index >= 15 is 0 Å². The molecule has 112 valence electrons. The normalized spacial score (nSPS) is 11.7. The summed E-state index contributed by atoms with van der Waals surface area (Å²) in [6.45, 7) is 2.38. The molecule has 1 aromatic carbocycles. The second kappa shape index (κ2) is 6.62. The second-order valence-electron chi connectivity index (χ2n) is 4.45. The number of hydrogen-bond acceptors (Lipinski definition) is 4. The molecule has 0 amide bonds. The van der Waals surface area contributed by atoms with Crippen LogP contribution in [0.2, 0.25) is 0 Å². The molecule has 0 spiro atoms. The van der Waals surface area contributed by atoms with Crippen molar-refractivity contribution in [2.75, 3.05) is 0 Å². The summed E-state index contributed by atoms with van der Waals surface area (Å²) in [5, 5.41) is 16.2. The maximum atomic E-state index is 8.81. The molecule has 0 aliphatic carbocycles. The third kappa shape index (κ3) is 3.18. The van der Waals surface area contributed by atoms with E-state index in [9.17, 15) is 0 Å². The summed E-state index contributed by atoms with van der Waals surface area (Å²) >= 11 is 3.55. The van der Waals surface area contributed by atoms with Crippen LogP contribution in [-0.4, -0.2) is 20.8 Å².